The van der Waals surface area contributed by atoms with Crippen molar-refractivity contribution in [2.45, 2.75) is 39.7 Å². The first kappa shape index (κ1) is 16.8. The van der Waals surface area contributed by atoms with E-state index in [9.17, 15) is 0 Å². The molecule has 0 fully saturated rings. The van der Waals surface area contributed by atoms with Crippen LogP contribution in [0.1, 0.15) is 38.3 Å². The Morgan fingerprint density at radius 1 is 1.48 bits per heavy atom. The topological polar surface area (TPSA) is 42.2 Å². The molecule has 0 spiro atoms. The van der Waals surface area contributed by atoms with E-state index in [0.717, 1.165) is 22.6 Å². The molecule has 0 radical (unpaired) electrons. The fourth-order valence-electron chi connectivity index (χ4n) is 2.13. The average molecular weight is 285 g/mol. The van der Waals surface area contributed by atoms with Gasteiger partial charge in [-0.2, -0.15) is 5.26 Å². The second kappa shape index (κ2) is 8.86. The molecule has 0 aromatic heterocycles. The molecule has 0 N–H and O–H groups in total. The molecule has 0 heterocycles. The molecular weight excluding hydrogens is 262 g/mol. The van der Waals surface area contributed by atoms with E-state index in [2.05, 4.69) is 12.6 Å². The zero-order valence-corrected chi connectivity index (χ0v) is 13.1. The van der Waals surface area contributed by atoms with Crippen molar-refractivity contribution in [3.63, 3.8) is 0 Å². The van der Waals surface area contributed by atoms with E-state index < -0.39 is 0 Å². The highest BCUT2D eigenvalue weighted by Gasteiger charge is 2.15. The molecule has 0 aliphatic carbocycles. The summed E-state index contributed by atoms with van der Waals surface area (Å²) >= 11 is 0. The lowest BCUT2D eigenvalue weighted by Crippen LogP contribution is -2.18. The molecule has 112 valence electrons. The van der Waals surface area contributed by atoms with Gasteiger partial charge in [0.2, 0.25) is 0 Å². The highest BCUT2D eigenvalue weighted by atomic mass is 16.5. The molecule has 1 aromatic carbocycles. The van der Waals surface area contributed by atoms with Crippen LogP contribution in [0.4, 0.5) is 0 Å². The van der Waals surface area contributed by atoms with Gasteiger partial charge in [0.1, 0.15) is 11.5 Å². The van der Waals surface area contributed by atoms with E-state index in [0.29, 0.717) is 19.4 Å². The van der Waals surface area contributed by atoms with Crippen molar-refractivity contribution in [2.24, 2.45) is 0 Å². The molecule has 0 amide bonds. The summed E-state index contributed by atoms with van der Waals surface area (Å²) in [7, 11) is 0. The number of nitrogens with zero attached hydrogens (tertiary/aromatic N) is 1. The van der Waals surface area contributed by atoms with Crippen LogP contribution >= 0.6 is 0 Å². The predicted octanol–water partition coefficient (Wildman–Crippen LogP) is 4.49. The number of benzene rings is 1. The number of hydrogen-bond acceptors (Lipinski definition) is 3. The number of para-hydroxylation sites is 1. The first-order valence-electron chi connectivity index (χ1n) is 7.24. The molecule has 3 nitrogen and oxygen atoms in total. The van der Waals surface area contributed by atoms with Crippen LogP contribution in [0.3, 0.4) is 0 Å². The number of hydrogen-bond donors (Lipinski definition) is 0. The molecule has 1 atom stereocenters. The zero-order valence-electron chi connectivity index (χ0n) is 13.1. The standard InChI is InChI=1S/C18H23NO2/c1-5-15-10-8-11-16(12-9-13-19)18(15)21-14(4)17(6-2)20-7-3/h5-6,8,10-11,14H,1,7,9,12H2,2-4H3/t14-/m1/s1. The summed E-state index contributed by atoms with van der Waals surface area (Å²) in [6.07, 6.45) is 4.64. The second-order valence-electron chi connectivity index (χ2n) is 4.58. The van der Waals surface area contributed by atoms with Crippen molar-refractivity contribution in [3.8, 4) is 11.8 Å². The maximum Gasteiger partial charge on any atom is 0.152 e. The Bertz CT molecular complexity index is 541. The van der Waals surface area contributed by atoms with Gasteiger partial charge in [-0.3, -0.25) is 0 Å². The van der Waals surface area contributed by atoms with Crippen LogP contribution in [0.25, 0.3) is 6.08 Å². The molecule has 0 aliphatic heterocycles. The number of nitriles is 1. The van der Waals surface area contributed by atoms with Gasteiger partial charge in [0.05, 0.1) is 12.7 Å². The maximum absolute atomic E-state index is 8.78. The Balaban J connectivity index is 3.04. The summed E-state index contributed by atoms with van der Waals surface area (Å²) in [5.41, 5.74) is 1.96. The predicted molar refractivity (Wildman–Crippen MR) is 85.9 cm³/mol. The van der Waals surface area contributed by atoms with Crippen LogP contribution in [0.2, 0.25) is 0 Å². The smallest absolute Gasteiger partial charge is 0.152 e. The normalized spacial score (nSPS) is 12.4. The number of rotatable bonds is 8. The van der Waals surface area contributed by atoms with Gasteiger partial charge in [0.15, 0.2) is 6.10 Å². The Kier molecular flexibility index (Phi) is 7.11. The van der Waals surface area contributed by atoms with Crippen LogP contribution in [-0.4, -0.2) is 12.7 Å². The average Bonchev–Trinajstić information content (AvgIpc) is 2.51. The Morgan fingerprint density at radius 2 is 2.24 bits per heavy atom. The molecule has 0 bridgehead atoms. The van der Waals surface area contributed by atoms with Crippen LogP contribution in [0.15, 0.2) is 36.6 Å². The largest absolute Gasteiger partial charge is 0.495 e. The zero-order chi connectivity index (χ0) is 15.7. The monoisotopic (exact) mass is 285 g/mol. The minimum atomic E-state index is -0.183. The van der Waals surface area contributed by atoms with E-state index in [1.54, 1.807) is 6.08 Å². The lowest BCUT2D eigenvalue weighted by molar-refractivity contribution is 0.132. The first-order valence-corrected chi connectivity index (χ1v) is 7.24. The van der Waals surface area contributed by atoms with Crippen molar-refractivity contribution < 1.29 is 9.47 Å². The van der Waals surface area contributed by atoms with Gasteiger partial charge in [0, 0.05) is 12.0 Å². The van der Waals surface area contributed by atoms with Gasteiger partial charge in [0.25, 0.3) is 0 Å². The van der Waals surface area contributed by atoms with Gasteiger partial charge < -0.3 is 9.47 Å². The quantitative estimate of drug-likeness (QED) is 0.661. The second-order valence-corrected chi connectivity index (χ2v) is 4.58. The van der Waals surface area contributed by atoms with Crippen molar-refractivity contribution in [1.82, 2.24) is 0 Å². The van der Waals surface area contributed by atoms with Crippen LogP contribution in [0, 0.1) is 11.3 Å². The highest BCUT2D eigenvalue weighted by Crippen LogP contribution is 2.28. The number of allylic oxidation sites excluding steroid dienone is 1. The molecule has 0 saturated carbocycles. The van der Waals surface area contributed by atoms with Crippen molar-refractivity contribution in [2.75, 3.05) is 6.61 Å². The third-order valence-electron chi connectivity index (χ3n) is 3.14. The minimum absolute atomic E-state index is 0.183. The van der Waals surface area contributed by atoms with E-state index in [4.69, 9.17) is 14.7 Å². The molecule has 1 aromatic rings. The molecule has 0 unspecified atom stereocenters. The summed E-state index contributed by atoms with van der Waals surface area (Å²) in [4.78, 5) is 0. The van der Waals surface area contributed by atoms with Crippen molar-refractivity contribution >= 4 is 6.08 Å². The van der Waals surface area contributed by atoms with Gasteiger partial charge in [-0.25, -0.2) is 0 Å². The highest BCUT2D eigenvalue weighted by molar-refractivity contribution is 5.58. The van der Waals surface area contributed by atoms with Gasteiger partial charge in [-0.15, -0.1) is 0 Å². The van der Waals surface area contributed by atoms with Gasteiger partial charge in [-0.05, 0) is 38.8 Å². The lowest BCUT2D eigenvalue weighted by atomic mass is 10.0. The minimum Gasteiger partial charge on any atom is -0.495 e. The van der Waals surface area contributed by atoms with E-state index in [1.165, 1.54) is 0 Å². The third kappa shape index (κ3) is 4.68. The van der Waals surface area contributed by atoms with Crippen LogP contribution < -0.4 is 4.74 Å². The van der Waals surface area contributed by atoms with Crippen LogP contribution in [0.5, 0.6) is 5.75 Å². The number of ether oxygens (including phenoxy) is 2. The van der Waals surface area contributed by atoms with E-state index in [1.807, 2.05) is 45.0 Å². The lowest BCUT2D eigenvalue weighted by Gasteiger charge is -2.21. The summed E-state index contributed by atoms with van der Waals surface area (Å²) in [6.45, 7) is 10.3. The SMILES string of the molecule is C=Cc1cccc(CCC#N)c1O[C@H](C)C(=CC)OCC. The van der Waals surface area contributed by atoms with E-state index in [-0.39, 0.29) is 6.10 Å². The molecule has 0 aliphatic rings. The fraction of sp³-hybridized carbons (Fsp3) is 0.389. The molecular formula is C18H23NO2. The summed E-state index contributed by atoms with van der Waals surface area (Å²) in [5, 5.41) is 8.78. The summed E-state index contributed by atoms with van der Waals surface area (Å²) < 4.78 is 11.7. The van der Waals surface area contributed by atoms with Crippen LogP contribution in [-0.2, 0) is 11.2 Å². The van der Waals surface area contributed by atoms with Gasteiger partial charge >= 0.3 is 0 Å². The Morgan fingerprint density at radius 3 is 2.81 bits per heavy atom. The third-order valence-corrected chi connectivity index (χ3v) is 3.14. The van der Waals surface area contributed by atoms with Crippen molar-refractivity contribution in [3.05, 3.63) is 47.7 Å². The Hall–Kier alpha value is -2.21. The summed E-state index contributed by atoms with van der Waals surface area (Å²) in [5.74, 6) is 1.59. The first-order chi connectivity index (χ1) is 10.2. The van der Waals surface area contributed by atoms with Gasteiger partial charge in [-0.1, -0.05) is 30.9 Å². The number of aryl methyl sites for hydroxylation is 1. The summed E-state index contributed by atoms with van der Waals surface area (Å²) in [6, 6.07) is 8.08. The van der Waals surface area contributed by atoms with Crippen molar-refractivity contribution in [1.29, 1.82) is 5.26 Å². The molecule has 3 heteroatoms. The maximum atomic E-state index is 8.78. The molecule has 0 saturated heterocycles. The molecule has 1 rings (SSSR count). The fourth-order valence-corrected chi connectivity index (χ4v) is 2.13. The molecule has 21 heavy (non-hydrogen) atoms. The Labute approximate surface area is 127 Å². The van der Waals surface area contributed by atoms with E-state index >= 15 is 0 Å².